The van der Waals surface area contributed by atoms with Crippen molar-refractivity contribution in [2.75, 3.05) is 6.54 Å². The molecule has 74 valence electrons. The van der Waals surface area contributed by atoms with Gasteiger partial charge in [-0.15, -0.1) is 19.7 Å². The molecular formula is C12H21N. The minimum absolute atomic E-state index is 0.222. The summed E-state index contributed by atoms with van der Waals surface area (Å²) in [6.07, 6.45) is 9.86. The molecule has 0 aliphatic rings. The highest BCUT2D eigenvalue weighted by Crippen LogP contribution is 2.35. The smallest absolute Gasteiger partial charge is 0.00716 e. The molecule has 0 atom stereocenters. The van der Waals surface area contributed by atoms with E-state index in [0.29, 0.717) is 0 Å². The first-order valence-corrected chi connectivity index (χ1v) is 4.77. The highest BCUT2D eigenvalue weighted by atomic mass is 14.5. The summed E-state index contributed by atoms with van der Waals surface area (Å²) in [4.78, 5) is 0. The largest absolute Gasteiger partial charge is 0.330 e. The van der Waals surface area contributed by atoms with Crippen molar-refractivity contribution in [2.24, 2.45) is 11.1 Å². The fraction of sp³-hybridized carbons (Fsp3) is 0.500. The predicted molar refractivity (Wildman–Crippen MR) is 60.5 cm³/mol. The molecule has 0 aromatic rings. The van der Waals surface area contributed by atoms with E-state index >= 15 is 0 Å². The lowest BCUT2D eigenvalue weighted by Gasteiger charge is -2.30. The summed E-state index contributed by atoms with van der Waals surface area (Å²) in [5.74, 6) is 0. The minimum atomic E-state index is 0.222. The quantitative estimate of drug-likeness (QED) is 0.569. The molecule has 0 saturated carbocycles. The van der Waals surface area contributed by atoms with Gasteiger partial charge in [0.15, 0.2) is 0 Å². The number of rotatable bonds is 8. The Morgan fingerprint density at radius 1 is 0.923 bits per heavy atom. The molecule has 0 radical (unpaired) electrons. The molecule has 0 unspecified atom stereocenters. The third-order valence-electron chi connectivity index (χ3n) is 2.41. The summed E-state index contributed by atoms with van der Waals surface area (Å²) in [6, 6.07) is 0. The number of hydrogen-bond donors (Lipinski definition) is 1. The van der Waals surface area contributed by atoms with Crippen LogP contribution >= 0.6 is 0 Å². The van der Waals surface area contributed by atoms with Crippen molar-refractivity contribution in [3.8, 4) is 0 Å². The van der Waals surface area contributed by atoms with Gasteiger partial charge in [-0.3, -0.25) is 0 Å². The van der Waals surface area contributed by atoms with Gasteiger partial charge < -0.3 is 5.73 Å². The molecular weight excluding hydrogens is 158 g/mol. The fourth-order valence-electron chi connectivity index (χ4n) is 1.78. The van der Waals surface area contributed by atoms with Gasteiger partial charge in [-0.05, 0) is 37.6 Å². The Labute approximate surface area is 82.0 Å². The molecule has 0 aliphatic heterocycles. The van der Waals surface area contributed by atoms with Crippen LogP contribution in [0.3, 0.4) is 0 Å². The first-order valence-electron chi connectivity index (χ1n) is 4.77. The van der Waals surface area contributed by atoms with Crippen LogP contribution in [0.4, 0.5) is 0 Å². The third kappa shape index (κ3) is 4.09. The summed E-state index contributed by atoms with van der Waals surface area (Å²) in [5, 5.41) is 0. The van der Waals surface area contributed by atoms with Gasteiger partial charge in [-0.1, -0.05) is 18.2 Å². The normalized spacial score (nSPS) is 10.8. The van der Waals surface area contributed by atoms with E-state index in [0.717, 1.165) is 32.2 Å². The Hall–Kier alpha value is -0.820. The van der Waals surface area contributed by atoms with Gasteiger partial charge in [0.1, 0.15) is 0 Å². The van der Waals surface area contributed by atoms with Crippen molar-refractivity contribution in [1.29, 1.82) is 0 Å². The molecule has 0 aliphatic carbocycles. The van der Waals surface area contributed by atoms with Gasteiger partial charge >= 0.3 is 0 Å². The molecule has 0 rings (SSSR count). The maximum Gasteiger partial charge on any atom is -0.00716 e. The van der Waals surface area contributed by atoms with E-state index in [9.17, 15) is 0 Å². The molecule has 0 spiro atoms. The van der Waals surface area contributed by atoms with Crippen molar-refractivity contribution in [1.82, 2.24) is 0 Å². The zero-order valence-corrected chi connectivity index (χ0v) is 8.47. The zero-order valence-electron chi connectivity index (χ0n) is 8.47. The van der Waals surface area contributed by atoms with E-state index in [-0.39, 0.29) is 5.41 Å². The first-order chi connectivity index (χ1) is 6.24. The molecule has 1 nitrogen and oxygen atoms in total. The molecule has 0 bridgehead atoms. The molecule has 0 amide bonds. The Bertz CT molecular complexity index is 143. The SMILES string of the molecule is C=CCC(CC=C)(CC=C)CCN. The van der Waals surface area contributed by atoms with Crippen LogP contribution in [0, 0.1) is 5.41 Å². The van der Waals surface area contributed by atoms with Crippen LogP contribution in [0.25, 0.3) is 0 Å². The molecule has 1 heteroatoms. The van der Waals surface area contributed by atoms with Crippen molar-refractivity contribution in [3.63, 3.8) is 0 Å². The van der Waals surface area contributed by atoms with E-state index in [1.165, 1.54) is 0 Å². The molecule has 0 saturated heterocycles. The Morgan fingerprint density at radius 2 is 1.31 bits per heavy atom. The van der Waals surface area contributed by atoms with Crippen LogP contribution in [0.15, 0.2) is 38.0 Å². The molecule has 0 aromatic heterocycles. The van der Waals surface area contributed by atoms with Crippen molar-refractivity contribution < 1.29 is 0 Å². The maximum absolute atomic E-state index is 5.60. The van der Waals surface area contributed by atoms with E-state index < -0.39 is 0 Å². The van der Waals surface area contributed by atoms with Gasteiger partial charge in [0.25, 0.3) is 0 Å². The Kier molecular flexibility index (Phi) is 6.25. The molecule has 0 heterocycles. The van der Waals surface area contributed by atoms with Crippen molar-refractivity contribution in [2.45, 2.75) is 25.7 Å². The van der Waals surface area contributed by atoms with Crippen molar-refractivity contribution >= 4 is 0 Å². The van der Waals surface area contributed by atoms with Gasteiger partial charge in [0, 0.05) is 0 Å². The fourth-order valence-corrected chi connectivity index (χ4v) is 1.78. The zero-order chi connectivity index (χ0) is 10.2. The van der Waals surface area contributed by atoms with Crippen LogP contribution < -0.4 is 5.73 Å². The summed E-state index contributed by atoms with van der Waals surface area (Å²) < 4.78 is 0. The highest BCUT2D eigenvalue weighted by molar-refractivity contribution is 4.95. The molecule has 13 heavy (non-hydrogen) atoms. The second-order valence-corrected chi connectivity index (χ2v) is 3.52. The minimum Gasteiger partial charge on any atom is -0.330 e. The second-order valence-electron chi connectivity index (χ2n) is 3.52. The summed E-state index contributed by atoms with van der Waals surface area (Å²) >= 11 is 0. The second kappa shape index (κ2) is 6.67. The van der Waals surface area contributed by atoms with E-state index in [1.807, 2.05) is 18.2 Å². The lowest BCUT2D eigenvalue weighted by atomic mass is 9.75. The molecule has 0 aromatic carbocycles. The monoisotopic (exact) mass is 179 g/mol. The van der Waals surface area contributed by atoms with Crippen LogP contribution in [0.2, 0.25) is 0 Å². The van der Waals surface area contributed by atoms with Crippen LogP contribution in [-0.2, 0) is 0 Å². The van der Waals surface area contributed by atoms with Crippen LogP contribution in [0.5, 0.6) is 0 Å². The summed E-state index contributed by atoms with van der Waals surface area (Å²) in [6.45, 7) is 12.1. The van der Waals surface area contributed by atoms with E-state index in [1.54, 1.807) is 0 Å². The molecule has 2 N–H and O–H groups in total. The van der Waals surface area contributed by atoms with Gasteiger partial charge in [-0.25, -0.2) is 0 Å². The predicted octanol–water partition coefficient (Wildman–Crippen LogP) is 3.05. The highest BCUT2D eigenvalue weighted by Gasteiger charge is 2.24. The number of nitrogens with two attached hydrogens (primary N) is 1. The van der Waals surface area contributed by atoms with Crippen LogP contribution in [0.1, 0.15) is 25.7 Å². The number of allylic oxidation sites excluding steroid dienone is 3. The van der Waals surface area contributed by atoms with E-state index in [4.69, 9.17) is 5.73 Å². The third-order valence-corrected chi connectivity index (χ3v) is 2.41. The maximum atomic E-state index is 5.60. The lowest BCUT2D eigenvalue weighted by molar-refractivity contribution is 0.277. The summed E-state index contributed by atoms with van der Waals surface area (Å²) in [7, 11) is 0. The topological polar surface area (TPSA) is 26.0 Å². The van der Waals surface area contributed by atoms with Crippen molar-refractivity contribution in [3.05, 3.63) is 38.0 Å². The van der Waals surface area contributed by atoms with Gasteiger partial charge in [0.2, 0.25) is 0 Å². The summed E-state index contributed by atoms with van der Waals surface area (Å²) in [5.41, 5.74) is 5.82. The Morgan fingerprint density at radius 3 is 1.54 bits per heavy atom. The van der Waals surface area contributed by atoms with Crippen LogP contribution in [-0.4, -0.2) is 6.54 Å². The average molecular weight is 179 g/mol. The Balaban J connectivity index is 4.44. The van der Waals surface area contributed by atoms with Gasteiger partial charge in [-0.2, -0.15) is 0 Å². The first kappa shape index (κ1) is 12.2. The van der Waals surface area contributed by atoms with Gasteiger partial charge in [0.05, 0.1) is 0 Å². The standard InChI is InChI=1S/C12H21N/c1-4-7-12(8-5-2,9-6-3)10-11-13/h4-6H,1-3,7-11,13H2. The molecule has 0 fully saturated rings. The van der Waals surface area contributed by atoms with E-state index in [2.05, 4.69) is 19.7 Å². The average Bonchev–Trinajstić information content (AvgIpc) is 2.06. The lowest BCUT2D eigenvalue weighted by Crippen LogP contribution is -2.22. The number of hydrogen-bond acceptors (Lipinski definition) is 1.